The molecule has 21 heavy (non-hydrogen) atoms. The number of benzene rings is 1. The molecule has 0 aliphatic carbocycles. The van der Waals surface area contributed by atoms with E-state index in [9.17, 15) is 9.59 Å². The van der Waals surface area contributed by atoms with Gasteiger partial charge < -0.3 is 9.47 Å². The summed E-state index contributed by atoms with van der Waals surface area (Å²) < 4.78 is 9.88. The second-order valence-corrected chi connectivity index (χ2v) is 4.03. The zero-order valence-electron chi connectivity index (χ0n) is 12.5. The van der Waals surface area contributed by atoms with Crippen molar-refractivity contribution in [2.45, 2.75) is 27.4 Å². The Kier molecular flexibility index (Phi) is 7.42. The van der Waals surface area contributed by atoms with Crippen molar-refractivity contribution in [3.8, 4) is 0 Å². The molecule has 0 atom stereocenters. The molecule has 0 saturated carbocycles. The Morgan fingerprint density at radius 2 is 1.33 bits per heavy atom. The molecule has 0 amide bonds. The van der Waals surface area contributed by atoms with Crippen LogP contribution in [0.15, 0.2) is 18.2 Å². The Labute approximate surface area is 123 Å². The van der Waals surface area contributed by atoms with Gasteiger partial charge in [0.2, 0.25) is 0 Å². The van der Waals surface area contributed by atoms with Gasteiger partial charge in [0.25, 0.3) is 0 Å². The number of ether oxygens (including phenoxy) is 2. The van der Waals surface area contributed by atoms with Crippen molar-refractivity contribution in [3.05, 3.63) is 34.9 Å². The SMILES string of the molecule is CCOOCc1cc(C(=O)OCC)cc(C(=O)OCC)c1. The minimum atomic E-state index is -0.499. The third kappa shape index (κ3) is 5.53. The summed E-state index contributed by atoms with van der Waals surface area (Å²) in [5.41, 5.74) is 1.17. The van der Waals surface area contributed by atoms with Crippen LogP contribution in [-0.2, 0) is 25.9 Å². The van der Waals surface area contributed by atoms with Crippen molar-refractivity contribution < 1.29 is 28.8 Å². The van der Waals surface area contributed by atoms with Gasteiger partial charge in [-0.05, 0) is 44.5 Å². The van der Waals surface area contributed by atoms with E-state index in [1.165, 1.54) is 6.07 Å². The van der Waals surface area contributed by atoms with Gasteiger partial charge in [0.15, 0.2) is 0 Å². The molecule has 0 aliphatic rings. The van der Waals surface area contributed by atoms with Crippen LogP contribution in [0.25, 0.3) is 0 Å². The highest BCUT2D eigenvalue weighted by Gasteiger charge is 2.14. The molecular formula is C15H20O6. The van der Waals surface area contributed by atoms with Crippen molar-refractivity contribution >= 4 is 11.9 Å². The number of esters is 2. The predicted molar refractivity (Wildman–Crippen MR) is 74.8 cm³/mol. The van der Waals surface area contributed by atoms with Crippen LogP contribution in [0.5, 0.6) is 0 Å². The molecule has 0 radical (unpaired) electrons. The number of carbonyl (C=O) groups excluding carboxylic acids is 2. The van der Waals surface area contributed by atoms with E-state index in [1.807, 2.05) is 0 Å². The van der Waals surface area contributed by atoms with Crippen LogP contribution in [0.1, 0.15) is 47.1 Å². The minimum absolute atomic E-state index is 0.119. The number of hydrogen-bond acceptors (Lipinski definition) is 6. The number of rotatable bonds is 8. The van der Waals surface area contributed by atoms with E-state index in [4.69, 9.17) is 19.2 Å². The molecule has 0 spiro atoms. The average Bonchev–Trinajstić information content (AvgIpc) is 2.48. The summed E-state index contributed by atoms with van der Waals surface area (Å²) in [4.78, 5) is 33.4. The molecule has 0 heterocycles. The van der Waals surface area contributed by atoms with Crippen molar-refractivity contribution in [3.63, 3.8) is 0 Å². The Bertz CT molecular complexity index is 447. The second kappa shape index (κ2) is 9.10. The third-order valence-corrected chi connectivity index (χ3v) is 2.44. The maximum Gasteiger partial charge on any atom is 0.338 e. The van der Waals surface area contributed by atoms with Crippen molar-refractivity contribution in [2.75, 3.05) is 19.8 Å². The van der Waals surface area contributed by atoms with Gasteiger partial charge in [-0.2, -0.15) is 0 Å². The van der Waals surface area contributed by atoms with E-state index < -0.39 is 11.9 Å². The van der Waals surface area contributed by atoms with Crippen molar-refractivity contribution in [1.29, 1.82) is 0 Å². The minimum Gasteiger partial charge on any atom is -0.462 e. The molecule has 116 valence electrons. The molecule has 0 aromatic heterocycles. The maximum absolute atomic E-state index is 11.8. The Balaban J connectivity index is 3.00. The van der Waals surface area contributed by atoms with Gasteiger partial charge in [-0.1, -0.05) is 0 Å². The van der Waals surface area contributed by atoms with Crippen LogP contribution >= 0.6 is 0 Å². The van der Waals surface area contributed by atoms with Crippen LogP contribution in [0.4, 0.5) is 0 Å². The van der Waals surface area contributed by atoms with E-state index in [-0.39, 0.29) is 30.9 Å². The zero-order valence-corrected chi connectivity index (χ0v) is 12.5. The normalized spacial score (nSPS) is 10.2. The van der Waals surface area contributed by atoms with Crippen molar-refractivity contribution in [2.24, 2.45) is 0 Å². The summed E-state index contributed by atoms with van der Waals surface area (Å²) in [5.74, 6) is -0.998. The average molecular weight is 296 g/mol. The van der Waals surface area contributed by atoms with Gasteiger partial charge in [0.05, 0.1) is 30.9 Å². The van der Waals surface area contributed by atoms with Gasteiger partial charge in [-0.25, -0.2) is 19.4 Å². The summed E-state index contributed by atoms with van der Waals surface area (Å²) in [5, 5.41) is 0. The lowest BCUT2D eigenvalue weighted by molar-refractivity contribution is -0.300. The monoisotopic (exact) mass is 296 g/mol. The summed E-state index contributed by atoms with van der Waals surface area (Å²) in [6.45, 7) is 6.26. The van der Waals surface area contributed by atoms with E-state index in [1.54, 1.807) is 32.9 Å². The highest BCUT2D eigenvalue weighted by atomic mass is 17.2. The smallest absolute Gasteiger partial charge is 0.338 e. The van der Waals surface area contributed by atoms with E-state index in [0.29, 0.717) is 12.2 Å². The van der Waals surface area contributed by atoms with Crippen LogP contribution in [-0.4, -0.2) is 31.8 Å². The molecule has 0 unspecified atom stereocenters. The molecule has 0 saturated heterocycles. The van der Waals surface area contributed by atoms with Crippen molar-refractivity contribution in [1.82, 2.24) is 0 Å². The quantitative estimate of drug-likeness (QED) is 0.318. The molecule has 0 aliphatic heterocycles. The number of hydrogen-bond donors (Lipinski definition) is 0. The summed E-state index contributed by atoms with van der Waals surface area (Å²) in [7, 11) is 0. The first-order valence-electron chi connectivity index (χ1n) is 6.84. The Morgan fingerprint density at radius 3 is 1.76 bits per heavy atom. The lowest BCUT2D eigenvalue weighted by Gasteiger charge is -2.09. The van der Waals surface area contributed by atoms with Gasteiger partial charge in [-0.3, -0.25) is 0 Å². The fourth-order valence-corrected chi connectivity index (χ4v) is 1.63. The third-order valence-electron chi connectivity index (χ3n) is 2.44. The van der Waals surface area contributed by atoms with Gasteiger partial charge in [-0.15, -0.1) is 0 Å². The highest BCUT2D eigenvalue weighted by Crippen LogP contribution is 2.14. The zero-order chi connectivity index (χ0) is 15.7. The first kappa shape index (κ1) is 17.1. The maximum atomic E-state index is 11.8. The number of carbonyl (C=O) groups is 2. The molecule has 0 N–H and O–H groups in total. The Hall–Kier alpha value is -1.92. The molecule has 1 aromatic carbocycles. The Morgan fingerprint density at radius 1 is 0.810 bits per heavy atom. The predicted octanol–water partition coefficient (Wildman–Crippen LogP) is 2.51. The van der Waals surface area contributed by atoms with Crippen LogP contribution in [0.3, 0.4) is 0 Å². The van der Waals surface area contributed by atoms with Crippen LogP contribution < -0.4 is 0 Å². The molecule has 0 fully saturated rings. The topological polar surface area (TPSA) is 71.1 Å². The molecule has 1 aromatic rings. The van der Waals surface area contributed by atoms with Gasteiger partial charge in [0, 0.05) is 0 Å². The first-order valence-corrected chi connectivity index (χ1v) is 6.84. The first-order chi connectivity index (χ1) is 10.1. The van der Waals surface area contributed by atoms with E-state index in [2.05, 4.69) is 0 Å². The van der Waals surface area contributed by atoms with Crippen LogP contribution in [0, 0.1) is 0 Å². The lowest BCUT2D eigenvalue weighted by Crippen LogP contribution is -2.10. The fourth-order valence-electron chi connectivity index (χ4n) is 1.63. The molecule has 6 nitrogen and oxygen atoms in total. The summed E-state index contributed by atoms with van der Waals surface area (Å²) >= 11 is 0. The second-order valence-electron chi connectivity index (χ2n) is 4.03. The molecular weight excluding hydrogens is 276 g/mol. The summed E-state index contributed by atoms with van der Waals surface area (Å²) in [6.07, 6.45) is 0. The summed E-state index contributed by atoms with van der Waals surface area (Å²) in [6, 6.07) is 4.64. The van der Waals surface area contributed by atoms with E-state index in [0.717, 1.165) is 0 Å². The lowest BCUT2D eigenvalue weighted by atomic mass is 10.1. The van der Waals surface area contributed by atoms with Gasteiger partial charge in [0.1, 0.15) is 6.61 Å². The molecule has 1 rings (SSSR count). The standard InChI is InChI=1S/C15H20O6/c1-4-18-14(16)12-7-11(10-21-20-6-3)8-13(9-12)15(17)19-5-2/h7-9H,4-6,10H2,1-3H3. The molecule has 0 bridgehead atoms. The molecule has 6 heteroatoms. The van der Waals surface area contributed by atoms with Crippen LogP contribution in [0.2, 0.25) is 0 Å². The van der Waals surface area contributed by atoms with Gasteiger partial charge >= 0.3 is 11.9 Å². The largest absolute Gasteiger partial charge is 0.462 e. The fraction of sp³-hybridized carbons (Fsp3) is 0.467. The highest BCUT2D eigenvalue weighted by molar-refractivity contribution is 5.95. The van der Waals surface area contributed by atoms with E-state index >= 15 is 0 Å².